The van der Waals surface area contributed by atoms with Crippen LogP contribution in [0.3, 0.4) is 0 Å². The van der Waals surface area contributed by atoms with Gasteiger partial charge in [0.15, 0.2) is 0 Å². The molecule has 0 saturated heterocycles. The van der Waals surface area contributed by atoms with Crippen molar-refractivity contribution in [1.29, 1.82) is 0 Å². The fraction of sp³-hybridized carbons (Fsp3) is 0.200. The normalized spacial score (nSPS) is 9.79. The Hall–Kier alpha value is -1.22. The molecule has 0 spiro atoms. The topological polar surface area (TPSA) is 21.3 Å². The van der Waals surface area contributed by atoms with Crippen LogP contribution in [0.2, 0.25) is 5.02 Å². The number of benzene rings is 2. The molecule has 2 nitrogen and oxygen atoms in total. The van der Waals surface area contributed by atoms with Crippen LogP contribution in [0.4, 0.5) is 0 Å². The minimum atomic E-state index is 0. The molecular formula is C15H17Cl2NO. The van der Waals surface area contributed by atoms with Gasteiger partial charge in [-0.25, -0.2) is 0 Å². The zero-order valence-electron chi connectivity index (χ0n) is 10.7. The second-order valence-electron chi connectivity index (χ2n) is 4.01. The molecule has 0 aliphatic heterocycles. The molecule has 2 aromatic rings. The second-order valence-corrected chi connectivity index (χ2v) is 4.41. The molecule has 0 fully saturated rings. The van der Waals surface area contributed by atoms with Crippen molar-refractivity contribution in [3.63, 3.8) is 0 Å². The summed E-state index contributed by atoms with van der Waals surface area (Å²) in [5, 5.41) is 4.17. The van der Waals surface area contributed by atoms with Crippen LogP contribution >= 0.6 is 24.0 Å². The predicted molar refractivity (Wildman–Crippen MR) is 82.2 cm³/mol. The van der Waals surface area contributed by atoms with E-state index in [0.29, 0.717) is 0 Å². The lowest BCUT2D eigenvalue weighted by Gasteiger charge is -2.10. The molecule has 0 aromatic heterocycles. The van der Waals surface area contributed by atoms with Crippen LogP contribution < -0.4 is 10.1 Å². The molecule has 0 amide bonds. The van der Waals surface area contributed by atoms with Crippen LogP contribution in [0.5, 0.6) is 5.75 Å². The average Bonchev–Trinajstić information content (AvgIpc) is 2.41. The average molecular weight is 298 g/mol. The van der Waals surface area contributed by atoms with E-state index in [1.807, 2.05) is 42.5 Å². The molecule has 1 N–H and O–H groups in total. The van der Waals surface area contributed by atoms with Crippen LogP contribution in [-0.2, 0) is 13.1 Å². The lowest BCUT2D eigenvalue weighted by atomic mass is 10.2. The van der Waals surface area contributed by atoms with E-state index in [9.17, 15) is 0 Å². The minimum absolute atomic E-state index is 0. The molecule has 0 bridgehead atoms. The number of methoxy groups -OCH3 is 1. The van der Waals surface area contributed by atoms with Crippen molar-refractivity contribution in [2.24, 2.45) is 0 Å². The molecular weight excluding hydrogens is 281 g/mol. The molecule has 2 rings (SSSR count). The molecule has 0 aliphatic rings. The molecule has 0 unspecified atom stereocenters. The maximum atomic E-state index is 6.10. The van der Waals surface area contributed by atoms with E-state index < -0.39 is 0 Å². The summed E-state index contributed by atoms with van der Waals surface area (Å²) in [5.41, 5.74) is 2.25. The van der Waals surface area contributed by atoms with E-state index in [2.05, 4.69) is 11.4 Å². The van der Waals surface area contributed by atoms with Gasteiger partial charge in [-0.1, -0.05) is 48.0 Å². The number of hydrogen-bond donors (Lipinski definition) is 1. The van der Waals surface area contributed by atoms with Crippen molar-refractivity contribution in [2.45, 2.75) is 13.1 Å². The maximum Gasteiger partial charge on any atom is 0.123 e. The highest BCUT2D eigenvalue weighted by Gasteiger charge is 2.02. The molecule has 0 aliphatic carbocycles. The quantitative estimate of drug-likeness (QED) is 0.898. The van der Waals surface area contributed by atoms with E-state index >= 15 is 0 Å². The van der Waals surface area contributed by atoms with Crippen LogP contribution in [0, 0.1) is 0 Å². The Morgan fingerprint density at radius 2 is 1.53 bits per heavy atom. The first kappa shape index (κ1) is 15.8. The van der Waals surface area contributed by atoms with Crippen molar-refractivity contribution in [1.82, 2.24) is 5.32 Å². The Kier molecular flexibility index (Phi) is 6.71. The first-order valence-electron chi connectivity index (χ1n) is 5.87. The van der Waals surface area contributed by atoms with Crippen LogP contribution in [-0.4, -0.2) is 7.11 Å². The van der Waals surface area contributed by atoms with Crippen LogP contribution in [0.25, 0.3) is 0 Å². The lowest BCUT2D eigenvalue weighted by Crippen LogP contribution is -2.13. The van der Waals surface area contributed by atoms with Gasteiger partial charge in [0.2, 0.25) is 0 Å². The predicted octanol–water partition coefficient (Wildman–Crippen LogP) is 4.06. The van der Waals surface area contributed by atoms with E-state index in [1.165, 1.54) is 0 Å². The third kappa shape index (κ3) is 4.43. The Bertz CT molecular complexity index is 517. The molecule has 2 aromatic carbocycles. The highest BCUT2D eigenvalue weighted by Crippen LogP contribution is 2.18. The first-order valence-corrected chi connectivity index (χ1v) is 6.25. The summed E-state index contributed by atoms with van der Waals surface area (Å²) in [6.45, 7) is 1.51. The van der Waals surface area contributed by atoms with Gasteiger partial charge >= 0.3 is 0 Å². The summed E-state index contributed by atoms with van der Waals surface area (Å²) in [7, 11) is 1.69. The number of nitrogens with one attached hydrogen (secondary N) is 1. The van der Waals surface area contributed by atoms with E-state index in [1.54, 1.807) is 7.11 Å². The van der Waals surface area contributed by atoms with E-state index in [-0.39, 0.29) is 12.4 Å². The molecule has 0 radical (unpaired) electrons. The second kappa shape index (κ2) is 8.05. The third-order valence-corrected chi connectivity index (χ3v) is 3.15. The Labute approximate surface area is 125 Å². The summed E-state index contributed by atoms with van der Waals surface area (Å²) < 4.78 is 5.31. The maximum absolute atomic E-state index is 6.10. The third-order valence-electron chi connectivity index (χ3n) is 2.78. The zero-order valence-corrected chi connectivity index (χ0v) is 12.3. The summed E-state index contributed by atoms with van der Waals surface area (Å²) >= 11 is 6.10. The lowest BCUT2D eigenvalue weighted by molar-refractivity contribution is 0.407. The summed E-state index contributed by atoms with van der Waals surface area (Å²) in [5.74, 6) is 0.907. The number of rotatable bonds is 5. The van der Waals surface area contributed by atoms with Gasteiger partial charge in [-0.15, -0.1) is 12.4 Å². The van der Waals surface area contributed by atoms with Gasteiger partial charge in [0.1, 0.15) is 5.75 Å². The smallest absolute Gasteiger partial charge is 0.123 e. The Morgan fingerprint density at radius 3 is 2.21 bits per heavy atom. The monoisotopic (exact) mass is 297 g/mol. The largest absolute Gasteiger partial charge is 0.496 e. The minimum Gasteiger partial charge on any atom is -0.496 e. The van der Waals surface area contributed by atoms with Crippen LogP contribution in [0.15, 0.2) is 48.5 Å². The molecule has 19 heavy (non-hydrogen) atoms. The van der Waals surface area contributed by atoms with Crippen molar-refractivity contribution in [3.8, 4) is 5.75 Å². The number of hydrogen-bond acceptors (Lipinski definition) is 2. The Morgan fingerprint density at radius 1 is 0.947 bits per heavy atom. The zero-order chi connectivity index (χ0) is 12.8. The number of ether oxygens (including phenoxy) is 1. The van der Waals surface area contributed by atoms with Crippen molar-refractivity contribution < 1.29 is 4.74 Å². The fourth-order valence-corrected chi connectivity index (χ4v) is 2.03. The van der Waals surface area contributed by atoms with Gasteiger partial charge < -0.3 is 10.1 Å². The highest BCUT2D eigenvalue weighted by molar-refractivity contribution is 6.31. The fourth-order valence-electron chi connectivity index (χ4n) is 1.82. The van der Waals surface area contributed by atoms with Crippen molar-refractivity contribution in [2.75, 3.05) is 7.11 Å². The van der Waals surface area contributed by atoms with Gasteiger partial charge in [-0.3, -0.25) is 0 Å². The summed E-state index contributed by atoms with van der Waals surface area (Å²) in [6.07, 6.45) is 0. The molecule has 4 heteroatoms. The first-order chi connectivity index (χ1) is 8.81. The molecule has 0 heterocycles. The Balaban J connectivity index is 0.00000180. The van der Waals surface area contributed by atoms with Crippen molar-refractivity contribution in [3.05, 3.63) is 64.7 Å². The molecule has 0 atom stereocenters. The standard InChI is InChI=1S/C15H16ClNO.ClH/c1-18-15-9-5-3-7-13(15)11-17-10-12-6-2-4-8-14(12)16;/h2-9,17H,10-11H2,1H3;1H. The van der Waals surface area contributed by atoms with Gasteiger partial charge in [-0.2, -0.15) is 0 Å². The van der Waals surface area contributed by atoms with Crippen LogP contribution in [0.1, 0.15) is 11.1 Å². The SMILES string of the molecule is COc1ccccc1CNCc1ccccc1Cl.Cl. The summed E-state index contributed by atoms with van der Waals surface area (Å²) in [4.78, 5) is 0. The highest BCUT2D eigenvalue weighted by atomic mass is 35.5. The number of halogens is 2. The molecule has 0 saturated carbocycles. The van der Waals surface area contributed by atoms with Gasteiger partial charge in [0, 0.05) is 23.7 Å². The summed E-state index contributed by atoms with van der Waals surface area (Å²) in [6, 6.07) is 15.9. The van der Waals surface area contributed by atoms with E-state index in [4.69, 9.17) is 16.3 Å². The van der Waals surface area contributed by atoms with Gasteiger partial charge in [0.05, 0.1) is 7.11 Å². The van der Waals surface area contributed by atoms with Gasteiger partial charge in [0.25, 0.3) is 0 Å². The number of para-hydroxylation sites is 1. The van der Waals surface area contributed by atoms with Gasteiger partial charge in [-0.05, 0) is 17.7 Å². The molecule has 102 valence electrons. The van der Waals surface area contributed by atoms with Crippen molar-refractivity contribution >= 4 is 24.0 Å². The van der Waals surface area contributed by atoms with E-state index in [0.717, 1.165) is 35.0 Å².